The molecule has 0 aromatic carbocycles. The van der Waals surface area contributed by atoms with Gasteiger partial charge in [-0.15, -0.1) is 0 Å². The Hall–Kier alpha value is -2.12. The second-order valence-electron chi connectivity index (χ2n) is 6.52. The van der Waals surface area contributed by atoms with Gasteiger partial charge < -0.3 is 4.90 Å². The topological polar surface area (TPSA) is 51.0 Å². The molecule has 2 aromatic rings. The monoisotopic (exact) mass is 354 g/mol. The first kappa shape index (κ1) is 17.7. The van der Waals surface area contributed by atoms with Crippen LogP contribution in [-0.4, -0.2) is 38.7 Å². The predicted molar refractivity (Wildman–Crippen MR) is 87.1 cm³/mol. The predicted octanol–water partition coefficient (Wildman–Crippen LogP) is 3.28. The van der Waals surface area contributed by atoms with Crippen LogP contribution in [0.4, 0.5) is 13.2 Å². The Morgan fingerprint density at radius 3 is 2.72 bits per heavy atom. The zero-order valence-electron chi connectivity index (χ0n) is 14.5. The van der Waals surface area contributed by atoms with Crippen molar-refractivity contribution < 1.29 is 18.0 Å². The van der Waals surface area contributed by atoms with E-state index in [0.717, 1.165) is 12.5 Å². The molecule has 5 nitrogen and oxygen atoms in total. The van der Waals surface area contributed by atoms with Crippen LogP contribution in [0.3, 0.4) is 0 Å². The van der Waals surface area contributed by atoms with E-state index in [2.05, 4.69) is 10.1 Å². The summed E-state index contributed by atoms with van der Waals surface area (Å²) >= 11 is 0. The average Bonchev–Trinajstić information content (AvgIpc) is 2.90. The minimum atomic E-state index is -4.47. The summed E-state index contributed by atoms with van der Waals surface area (Å²) in [5.74, 6) is -0.274. The zero-order chi connectivity index (χ0) is 18.4. The Morgan fingerprint density at radius 2 is 2.12 bits per heavy atom. The summed E-state index contributed by atoms with van der Waals surface area (Å²) in [7, 11) is 1.62. The molecule has 0 radical (unpaired) electrons. The van der Waals surface area contributed by atoms with Crippen molar-refractivity contribution in [2.75, 3.05) is 13.1 Å². The number of halogens is 3. The molecule has 25 heavy (non-hydrogen) atoms. The summed E-state index contributed by atoms with van der Waals surface area (Å²) in [4.78, 5) is 17.7. The molecule has 1 fully saturated rings. The van der Waals surface area contributed by atoms with E-state index in [0.29, 0.717) is 37.3 Å². The van der Waals surface area contributed by atoms with E-state index in [9.17, 15) is 18.0 Å². The highest BCUT2D eigenvalue weighted by Gasteiger charge is 2.37. The first-order valence-corrected chi connectivity index (χ1v) is 8.41. The van der Waals surface area contributed by atoms with Gasteiger partial charge in [-0.2, -0.15) is 18.3 Å². The fourth-order valence-electron chi connectivity index (χ4n) is 3.51. The van der Waals surface area contributed by atoms with Gasteiger partial charge in [-0.25, -0.2) is 4.98 Å². The fraction of sp³-hybridized carbons (Fsp3) is 0.588. The Labute approximate surface area is 143 Å². The van der Waals surface area contributed by atoms with Crippen molar-refractivity contribution in [1.82, 2.24) is 19.7 Å². The van der Waals surface area contributed by atoms with Crippen LogP contribution >= 0.6 is 0 Å². The molecule has 0 saturated carbocycles. The number of hydrogen-bond acceptors (Lipinski definition) is 3. The quantitative estimate of drug-likeness (QED) is 0.832. The van der Waals surface area contributed by atoms with Gasteiger partial charge in [0.1, 0.15) is 0 Å². The van der Waals surface area contributed by atoms with Gasteiger partial charge in [-0.3, -0.25) is 9.48 Å². The number of aryl methyl sites for hydroxylation is 2. The summed E-state index contributed by atoms with van der Waals surface area (Å²) in [6.45, 7) is 4.29. The van der Waals surface area contributed by atoms with Crippen LogP contribution in [0.2, 0.25) is 0 Å². The summed E-state index contributed by atoms with van der Waals surface area (Å²) in [5.41, 5.74) is 0.355. The molecular weight excluding hydrogens is 333 g/mol. The van der Waals surface area contributed by atoms with E-state index in [4.69, 9.17) is 0 Å². The number of carbonyl (C=O) groups excluding carboxylic acids is 1. The Morgan fingerprint density at radius 1 is 1.40 bits per heavy atom. The number of fused-ring (bicyclic) bond motifs is 1. The number of alkyl halides is 3. The van der Waals surface area contributed by atoms with Crippen molar-refractivity contribution in [3.05, 3.63) is 23.0 Å². The molecule has 1 aliphatic rings. The van der Waals surface area contributed by atoms with Crippen molar-refractivity contribution in [2.24, 2.45) is 7.05 Å². The molecule has 3 rings (SSSR count). The second-order valence-corrected chi connectivity index (χ2v) is 6.52. The first-order chi connectivity index (χ1) is 11.7. The highest BCUT2D eigenvalue weighted by Crippen LogP contribution is 2.39. The molecule has 8 heteroatoms. The number of rotatable bonds is 2. The van der Waals surface area contributed by atoms with E-state index in [1.807, 2.05) is 0 Å². The van der Waals surface area contributed by atoms with Crippen LogP contribution in [0.25, 0.3) is 11.0 Å². The minimum Gasteiger partial charge on any atom is -0.342 e. The molecule has 0 aliphatic carbocycles. The third kappa shape index (κ3) is 3.21. The number of hydrogen-bond donors (Lipinski definition) is 0. The standard InChI is InChI=1S/C17H21F3N4O/c1-4-12-8-13(17(18,19)20)14-15(22-23(3)16(14)21-12)11-6-5-7-24(9-11)10(2)25/h8,11H,4-7,9H2,1-3H3. The summed E-state index contributed by atoms with van der Waals surface area (Å²) < 4.78 is 42.4. The van der Waals surface area contributed by atoms with Crippen LogP contribution in [-0.2, 0) is 24.4 Å². The zero-order valence-corrected chi connectivity index (χ0v) is 14.5. The molecule has 1 amide bonds. The Balaban J connectivity index is 2.17. The summed E-state index contributed by atoms with van der Waals surface area (Å²) in [5, 5.41) is 4.44. The van der Waals surface area contributed by atoms with E-state index in [1.54, 1.807) is 18.9 Å². The van der Waals surface area contributed by atoms with Crippen molar-refractivity contribution in [3.8, 4) is 0 Å². The highest BCUT2D eigenvalue weighted by molar-refractivity contribution is 5.84. The minimum absolute atomic E-state index is 0.0626. The van der Waals surface area contributed by atoms with E-state index in [-0.39, 0.29) is 22.9 Å². The third-order valence-corrected chi connectivity index (χ3v) is 4.79. The highest BCUT2D eigenvalue weighted by atomic mass is 19.4. The molecule has 1 unspecified atom stereocenters. The lowest BCUT2D eigenvalue weighted by Crippen LogP contribution is -2.37. The molecule has 0 spiro atoms. The summed E-state index contributed by atoms with van der Waals surface area (Å²) in [6, 6.07) is 1.12. The van der Waals surface area contributed by atoms with Crippen molar-refractivity contribution in [3.63, 3.8) is 0 Å². The van der Waals surface area contributed by atoms with Gasteiger partial charge in [0, 0.05) is 38.7 Å². The number of nitrogens with zero attached hydrogens (tertiary/aromatic N) is 4. The number of aromatic nitrogens is 3. The van der Waals surface area contributed by atoms with Gasteiger partial charge in [-0.05, 0) is 25.3 Å². The number of likely N-dealkylation sites (tertiary alicyclic amines) is 1. The molecule has 3 heterocycles. The van der Waals surface area contributed by atoms with Crippen LogP contribution in [0.5, 0.6) is 0 Å². The lowest BCUT2D eigenvalue weighted by atomic mass is 9.91. The van der Waals surface area contributed by atoms with Crippen LogP contribution < -0.4 is 0 Å². The Kier molecular flexibility index (Phi) is 4.47. The van der Waals surface area contributed by atoms with Crippen LogP contribution in [0.1, 0.15) is 49.6 Å². The molecule has 0 bridgehead atoms. The average molecular weight is 354 g/mol. The summed E-state index contributed by atoms with van der Waals surface area (Å²) in [6.07, 6.45) is -2.59. The lowest BCUT2D eigenvalue weighted by Gasteiger charge is -2.31. The van der Waals surface area contributed by atoms with Crippen molar-refractivity contribution in [2.45, 2.75) is 45.2 Å². The number of carbonyl (C=O) groups is 1. The van der Waals surface area contributed by atoms with Crippen molar-refractivity contribution in [1.29, 1.82) is 0 Å². The number of piperidine rings is 1. The largest absolute Gasteiger partial charge is 0.417 e. The lowest BCUT2D eigenvalue weighted by molar-refractivity contribution is -0.136. The van der Waals surface area contributed by atoms with Gasteiger partial charge in [0.15, 0.2) is 5.65 Å². The van der Waals surface area contributed by atoms with Gasteiger partial charge in [0.05, 0.1) is 16.6 Å². The second kappa shape index (κ2) is 6.31. The van der Waals surface area contributed by atoms with Crippen LogP contribution in [0, 0.1) is 0 Å². The number of pyridine rings is 1. The smallest absolute Gasteiger partial charge is 0.342 e. The normalized spacial score (nSPS) is 18.8. The van der Waals surface area contributed by atoms with E-state index < -0.39 is 11.7 Å². The third-order valence-electron chi connectivity index (χ3n) is 4.79. The molecule has 2 aromatic heterocycles. The van der Waals surface area contributed by atoms with Gasteiger partial charge in [-0.1, -0.05) is 6.92 Å². The first-order valence-electron chi connectivity index (χ1n) is 8.41. The molecule has 1 saturated heterocycles. The maximum absolute atomic E-state index is 13.7. The van der Waals surface area contributed by atoms with Gasteiger partial charge in [0.25, 0.3) is 0 Å². The maximum Gasteiger partial charge on any atom is 0.417 e. The molecule has 0 N–H and O–H groups in total. The number of amides is 1. The van der Waals surface area contributed by atoms with Crippen molar-refractivity contribution >= 4 is 16.9 Å². The van der Waals surface area contributed by atoms with Crippen LogP contribution in [0.15, 0.2) is 6.07 Å². The van der Waals surface area contributed by atoms with E-state index in [1.165, 1.54) is 11.6 Å². The SMILES string of the molecule is CCc1cc(C(F)(F)F)c2c(C3CCCN(C(C)=O)C3)nn(C)c2n1. The molecule has 1 aliphatic heterocycles. The van der Waals surface area contributed by atoms with Gasteiger partial charge >= 0.3 is 6.18 Å². The molecular formula is C17H21F3N4O. The van der Waals surface area contributed by atoms with Gasteiger partial charge in [0.2, 0.25) is 5.91 Å². The fourth-order valence-corrected chi connectivity index (χ4v) is 3.51. The van der Waals surface area contributed by atoms with E-state index >= 15 is 0 Å². The molecule has 136 valence electrons. The Bertz CT molecular complexity index is 812. The maximum atomic E-state index is 13.7. The molecule has 1 atom stereocenters.